The van der Waals surface area contributed by atoms with Crippen LogP contribution in [-0.4, -0.2) is 33.4 Å². The van der Waals surface area contributed by atoms with Crippen molar-refractivity contribution >= 4 is 27.3 Å². The van der Waals surface area contributed by atoms with Crippen molar-refractivity contribution in [2.24, 2.45) is 0 Å². The fraction of sp³-hybridized carbons (Fsp3) is 0.333. The van der Waals surface area contributed by atoms with Crippen LogP contribution in [0.2, 0.25) is 5.02 Å². The first kappa shape index (κ1) is 18.2. The number of rotatable bonds is 4. The Balaban J connectivity index is 1.95. The quantitative estimate of drug-likeness (QED) is 0.800. The zero-order valence-corrected chi connectivity index (χ0v) is 15.7. The first-order chi connectivity index (χ1) is 11.8. The van der Waals surface area contributed by atoms with Crippen molar-refractivity contribution in [3.63, 3.8) is 0 Å². The van der Waals surface area contributed by atoms with Crippen LogP contribution in [0.1, 0.15) is 24.4 Å². The van der Waals surface area contributed by atoms with Gasteiger partial charge in [-0.15, -0.1) is 0 Å². The van der Waals surface area contributed by atoms with Crippen LogP contribution in [0.25, 0.3) is 0 Å². The van der Waals surface area contributed by atoms with E-state index in [-0.39, 0.29) is 10.9 Å². The van der Waals surface area contributed by atoms with Crippen LogP contribution in [0.3, 0.4) is 0 Å². The third-order valence-electron chi connectivity index (χ3n) is 4.46. The van der Waals surface area contributed by atoms with Gasteiger partial charge < -0.3 is 4.90 Å². The molecule has 1 atom stereocenters. The number of hydrogen-bond donors (Lipinski definition) is 0. The van der Waals surface area contributed by atoms with Gasteiger partial charge in [0.25, 0.3) is 0 Å². The SMILES string of the molecule is CN(C)c1ccc([C@@H]2CCCN2S(=O)(=O)c2ccc(F)cc2)cc1Cl. The van der Waals surface area contributed by atoms with Crippen molar-refractivity contribution in [2.75, 3.05) is 25.5 Å². The highest BCUT2D eigenvalue weighted by Crippen LogP contribution is 2.38. The number of halogens is 2. The Bertz CT molecular complexity index is 869. The van der Waals surface area contributed by atoms with E-state index in [9.17, 15) is 12.8 Å². The first-order valence-corrected chi connectivity index (χ1v) is 9.86. The van der Waals surface area contributed by atoms with E-state index in [0.717, 1.165) is 24.1 Å². The summed E-state index contributed by atoms with van der Waals surface area (Å²) in [5.41, 5.74) is 1.76. The molecule has 0 aliphatic carbocycles. The molecular weight excluding hydrogens is 363 g/mol. The summed E-state index contributed by atoms with van der Waals surface area (Å²) in [6.07, 6.45) is 1.51. The largest absolute Gasteiger partial charge is 0.376 e. The van der Waals surface area contributed by atoms with E-state index in [4.69, 9.17) is 11.6 Å². The van der Waals surface area contributed by atoms with Crippen molar-refractivity contribution in [1.29, 1.82) is 0 Å². The van der Waals surface area contributed by atoms with Crippen molar-refractivity contribution < 1.29 is 12.8 Å². The summed E-state index contributed by atoms with van der Waals surface area (Å²) >= 11 is 6.35. The predicted octanol–water partition coefficient (Wildman–Crippen LogP) is 4.07. The molecule has 2 aromatic rings. The fourth-order valence-electron chi connectivity index (χ4n) is 3.20. The fourth-order valence-corrected chi connectivity index (χ4v) is 5.24. The minimum atomic E-state index is -3.68. The van der Waals surface area contributed by atoms with Gasteiger partial charge in [0.05, 0.1) is 21.6 Å². The molecule has 0 bridgehead atoms. The van der Waals surface area contributed by atoms with E-state index in [1.807, 2.05) is 37.2 Å². The highest BCUT2D eigenvalue weighted by atomic mass is 35.5. The van der Waals surface area contributed by atoms with Gasteiger partial charge in [-0.1, -0.05) is 17.7 Å². The Morgan fingerprint density at radius 2 is 1.84 bits per heavy atom. The molecule has 3 rings (SSSR count). The Labute approximate surface area is 152 Å². The predicted molar refractivity (Wildman–Crippen MR) is 98.0 cm³/mol. The molecule has 0 amide bonds. The molecule has 0 saturated carbocycles. The number of nitrogens with zero attached hydrogens (tertiary/aromatic N) is 2. The van der Waals surface area contributed by atoms with Crippen molar-refractivity contribution in [1.82, 2.24) is 4.31 Å². The van der Waals surface area contributed by atoms with Crippen LogP contribution < -0.4 is 4.90 Å². The van der Waals surface area contributed by atoms with Crippen molar-refractivity contribution in [2.45, 2.75) is 23.8 Å². The van der Waals surface area contributed by atoms with Gasteiger partial charge in [0.1, 0.15) is 5.82 Å². The van der Waals surface area contributed by atoms with E-state index in [2.05, 4.69) is 0 Å². The maximum absolute atomic E-state index is 13.1. The number of hydrogen-bond acceptors (Lipinski definition) is 3. The molecular formula is C18H20ClFN2O2S. The summed E-state index contributed by atoms with van der Waals surface area (Å²) in [6.45, 7) is 0.442. The van der Waals surface area contributed by atoms with Gasteiger partial charge >= 0.3 is 0 Å². The van der Waals surface area contributed by atoms with Gasteiger partial charge in [0.15, 0.2) is 0 Å². The molecule has 25 heavy (non-hydrogen) atoms. The zero-order valence-electron chi connectivity index (χ0n) is 14.1. The minimum absolute atomic E-state index is 0.108. The number of anilines is 1. The van der Waals surface area contributed by atoms with Crippen molar-refractivity contribution in [3.8, 4) is 0 Å². The van der Waals surface area contributed by atoms with Gasteiger partial charge in [-0.2, -0.15) is 4.31 Å². The summed E-state index contributed by atoms with van der Waals surface area (Å²) in [5.74, 6) is -0.456. The summed E-state index contributed by atoms with van der Waals surface area (Å²) in [7, 11) is 0.130. The van der Waals surface area contributed by atoms with Crippen molar-refractivity contribution in [3.05, 3.63) is 58.9 Å². The maximum Gasteiger partial charge on any atom is 0.243 e. The summed E-state index contributed by atoms with van der Waals surface area (Å²) in [4.78, 5) is 2.02. The third-order valence-corrected chi connectivity index (χ3v) is 6.69. The molecule has 1 fully saturated rings. The highest BCUT2D eigenvalue weighted by molar-refractivity contribution is 7.89. The van der Waals surface area contributed by atoms with E-state index in [1.54, 1.807) is 0 Å². The van der Waals surface area contributed by atoms with Gasteiger partial charge in [-0.25, -0.2) is 12.8 Å². The van der Waals surface area contributed by atoms with Crippen LogP contribution in [0.4, 0.5) is 10.1 Å². The molecule has 1 aliphatic heterocycles. The third kappa shape index (κ3) is 3.52. The molecule has 2 aromatic carbocycles. The molecule has 1 saturated heterocycles. The molecule has 0 aromatic heterocycles. The van der Waals surface area contributed by atoms with E-state index < -0.39 is 15.8 Å². The lowest BCUT2D eigenvalue weighted by atomic mass is 10.0. The van der Waals surface area contributed by atoms with Crippen LogP contribution >= 0.6 is 11.6 Å². The minimum Gasteiger partial charge on any atom is -0.376 e. The summed E-state index contributed by atoms with van der Waals surface area (Å²) in [6, 6.07) is 10.3. The van der Waals surface area contributed by atoms with Gasteiger partial charge in [-0.05, 0) is 54.8 Å². The monoisotopic (exact) mass is 382 g/mol. The molecule has 134 valence electrons. The second kappa shape index (κ2) is 6.94. The van der Waals surface area contributed by atoms with Gasteiger partial charge in [0.2, 0.25) is 10.0 Å². The lowest BCUT2D eigenvalue weighted by Crippen LogP contribution is -2.30. The van der Waals surface area contributed by atoms with Crippen LogP contribution in [-0.2, 0) is 10.0 Å². The Morgan fingerprint density at radius 3 is 2.44 bits per heavy atom. The highest BCUT2D eigenvalue weighted by Gasteiger charge is 2.36. The van der Waals surface area contributed by atoms with Crippen LogP contribution in [0.15, 0.2) is 47.4 Å². The van der Waals surface area contributed by atoms with Crippen LogP contribution in [0.5, 0.6) is 0 Å². The molecule has 0 spiro atoms. The second-order valence-corrected chi connectivity index (χ2v) is 8.63. The van der Waals surface area contributed by atoms with Crippen LogP contribution in [0, 0.1) is 5.82 Å². The molecule has 0 N–H and O–H groups in total. The number of benzene rings is 2. The lowest BCUT2D eigenvalue weighted by molar-refractivity contribution is 0.396. The average molecular weight is 383 g/mol. The molecule has 0 radical (unpaired) electrons. The summed E-state index contributed by atoms with van der Waals surface area (Å²) in [5, 5.41) is 0.591. The molecule has 1 heterocycles. The van der Waals surface area contributed by atoms with E-state index in [0.29, 0.717) is 11.6 Å². The normalized spacial score (nSPS) is 18.5. The second-order valence-electron chi connectivity index (χ2n) is 6.33. The molecule has 4 nitrogen and oxygen atoms in total. The topological polar surface area (TPSA) is 40.6 Å². The van der Waals surface area contributed by atoms with E-state index >= 15 is 0 Å². The number of sulfonamides is 1. The zero-order chi connectivity index (χ0) is 18.2. The first-order valence-electron chi connectivity index (χ1n) is 8.05. The molecule has 0 unspecified atom stereocenters. The lowest BCUT2D eigenvalue weighted by Gasteiger charge is -2.25. The van der Waals surface area contributed by atoms with Gasteiger partial charge in [-0.3, -0.25) is 0 Å². The smallest absolute Gasteiger partial charge is 0.243 e. The Morgan fingerprint density at radius 1 is 1.16 bits per heavy atom. The average Bonchev–Trinajstić information content (AvgIpc) is 3.05. The van der Waals surface area contributed by atoms with Gasteiger partial charge in [0, 0.05) is 20.6 Å². The Hall–Kier alpha value is -1.63. The van der Waals surface area contributed by atoms with E-state index in [1.165, 1.54) is 28.6 Å². The summed E-state index contributed by atoms with van der Waals surface area (Å²) < 4.78 is 40.5. The Kier molecular flexibility index (Phi) is 5.04. The maximum atomic E-state index is 13.1. The molecule has 7 heteroatoms. The standard InChI is InChI=1S/C18H20ClFN2O2S/c1-21(2)18-10-5-13(12-16(18)19)17-4-3-11-22(17)25(23,24)15-8-6-14(20)7-9-15/h5-10,12,17H,3-4,11H2,1-2H3/t17-/m0/s1. The molecule has 1 aliphatic rings.